The van der Waals surface area contributed by atoms with Gasteiger partial charge in [0.2, 0.25) is 0 Å². The topological polar surface area (TPSA) is 74.2 Å². The smallest absolute Gasteiger partial charge is 0.119 e. The van der Waals surface area contributed by atoms with Crippen molar-refractivity contribution in [1.82, 2.24) is 4.98 Å². The number of benzene rings is 1. The number of hydrogen-bond donors (Lipinski definition) is 2. The largest absolute Gasteiger partial charge is 0.497 e. The molecule has 0 amide bonds. The lowest BCUT2D eigenvalue weighted by molar-refractivity contribution is 0.273. The van der Waals surface area contributed by atoms with Gasteiger partial charge in [-0.25, -0.2) is 0 Å². The fourth-order valence-corrected chi connectivity index (χ4v) is 3.07. The maximum atomic E-state index is 6.63. The molecule has 106 valence electrons. The quantitative estimate of drug-likeness (QED) is 0.879. The van der Waals surface area contributed by atoms with Crippen molar-refractivity contribution >= 4 is 10.8 Å². The molecular weight excluding hydrogens is 250 g/mol. The monoisotopic (exact) mass is 271 g/mol. The maximum Gasteiger partial charge on any atom is 0.119 e. The van der Waals surface area contributed by atoms with Gasteiger partial charge in [-0.15, -0.1) is 0 Å². The Balaban J connectivity index is 2.07. The van der Waals surface area contributed by atoms with E-state index < -0.39 is 0 Å². The van der Waals surface area contributed by atoms with Crippen molar-refractivity contribution < 1.29 is 4.74 Å². The van der Waals surface area contributed by atoms with Crippen LogP contribution < -0.4 is 16.2 Å². The summed E-state index contributed by atoms with van der Waals surface area (Å²) in [6.45, 7) is 0. The molecule has 0 bridgehead atoms. The average Bonchev–Trinajstić information content (AvgIpc) is 2.49. The van der Waals surface area contributed by atoms with Gasteiger partial charge in [-0.2, -0.15) is 0 Å². The van der Waals surface area contributed by atoms with Crippen LogP contribution in [0.5, 0.6) is 5.75 Å². The predicted octanol–water partition coefficient (Wildman–Crippen LogP) is 2.30. The standard InChI is InChI=1S/C16H21N3O/c1-20-13-2-3-14-11(10-13)6-9-19-15(14)16(18)7-4-12(17)5-8-16/h2-3,6,9-10,12H,4-5,7-8,17-18H2,1H3. The molecule has 1 saturated carbocycles. The second kappa shape index (κ2) is 5.04. The average molecular weight is 271 g/mol. The van der Waals surface area contributed by atoms with Gasteiger partial charge in [0.15, 0.2) is 0 Å². The lowest BCUT2D eigenvalue weighted by Gasteiger charge is -2.36. The van der Waals surface area contributed by atoms with E-state index >= 15 is 0 Å². The molecule has 1 aromatic carbocycles. The summed E-state index contributed by atoms with van der Waals surface area (Å²) in [4.78, 5) is 4.58. The van der Waals surface area contributed by atoms with E-state index in [-0.39, 0.29) is 11.6 Å². The highest BCUT2D eigenvalue weighted by Gasteiger charge is 2.34. The van der Waals surface area contributed by atoms with E-state index in [1.807, 2.05) is 24.4 Å². The first-order chi connectivity index (χ1) is 9.62. The molecule has 0 radical (unpaired) electrons. The van der Waals surface area contributed by atoms with E-state index in [4.69, 9.17) is 16.2 Å². The fraction of sp³-hybridized carbons (Fsp3) is 0.438. The van der Waals surface area contributed by atoms with Gasteiger partial charge >= 0.3 is 0 Å². The molecule has 0 aliphatic heterocycles. The molecule has 1 aromatic heterocycles. The van der Waals surface area contributed by atoms with E-state index in [1.54, 1.807) is 7.11 Å². The highest BCUT2D eigenvalue weighted by molar-refractivity contribution is 5.86. The Morgan fingerprint density at radius 3 is 2.70 bits per heavy atom. The number of pyridine rings is 1. The molecule has 4 nitrogen and oxygen atoms in total. The van der Waals surface area contributed by atoms with Crippen LogP contribution in [0.4, 0.5) is 0 Å². The Morgan fingerprint density at radius 1 is 1.25 bits per heavy atom. The molecule has 20 heavy (non-hydrogen) atoms. The van der Waals surface area contributed by atoms with Crippen LogP contribution in [0.3, 0.4) is 0 Å². The lowest BCUT2D eigenvalue weighted by atomic mass is 9.77. The molecule has 0 atom stereocenters. The minimum absolute atomic E-state index is 0.279. The number of methoxy groups -OCH3 is 1. The summed E-state index contributed by atoms with van der Waals surface area (Å²) in [5.41, 5.74) is 13.3. The number of ether oxygens (including phenoxy) is 1. The third-order valence-corrected chi connectivity index (χ3v) is 4.37. The van der Waals surface area contributed by atoms with Gasteiger partial charge in [-0.05, 0) is 55.3 Å². The first kappa shape index (κ1) is 13.3. The van der Waals surface area contributed by atoms with E-state index in [9.17, 15) is 0 Å². The van der Waals surface area contributed by atoms with Gasteiger partial charge in [0.1, 0.15) is 5.75 Å². The van der Waals surface area contributed by atoms with Crippen LogP contribution in [0.25, 0.3) is 10.8 Å². The SMILES string of the molecule is COc1ccc2c(C3(N)CCC(N)CC3)nccc2c1. The Hall–Kier alpha value is -1.65. The molecule has 1 heterocycles. The van der Waals surface area contributed by atoms with Gasteiger partial charge in [0, 0.05) is 17.6 Å². The number of nitrogens with two attached hydrogens (primary N) is 2. The Bertz CT molecular complexity index is 618. The summed E-state index contributed by atoms with van der Waals surface area (Å²) >= 11 is 0. The van der Waals surface area contributed by atoms with Crippen molar-refractivity contribution in [2.45, 2.75) is 37.3 Å². The van der Waals surface area contributed by atoms with Gasteiger partial charge in [-0.3, -0.25) is 4.98 Å². The van der Waals surface area contributed by atoms with Crippen molar-refractivity contribution in [2.24, 2.45) is 11.5 Å². The molecule has 0 saturated heterocycles. The summed E-state index contributed by atoms with van der Waals surface area (Å²) < 4.78 is 5.28. The molecule has 2 aromatic rings. The second-order valence-electron chi connectivity index (χ2n) is 5.74. The Morgan fingerprint density at radius 2 is 2.00 bits per heavy atom. The van der Waals surface area contributed by atoms with Crippen LogP contribution in [0.1, 0.15) is 31.4 Å². The normalized spacial score (nSPS) is 26.6. The Kier molecular flexibility index (Phi) is 3.36. The predicted molar refractivity (Wildman–Crippen MR) is 80.6 cm³/mol. The van der Waals surface area contributed by atoms with Gasteiger partial charge in [0.05, 0.1) is 18.3 Å². The van der Waals surface area contributed by atoms with Gasteiger partial charge < -0.3 is 16.2 Å². The molecule has 0 spiro atoms. The van der Waals surface area contributed by atoms with Crippen LogP contribution in [0.2, 0.25) is 0 Å². The van der Waals surface area contributed by atoms with E-state index in [1.165, 1.54) is 0 Å². The van der Waals surface area contributed by atoms with Crippen molar-refractivity contribution in [1.29, 1.82) is 0 Å². The molecule has 4 heteroatoms. The molecule has 1 aliphatic carbocycles. The Labute approximate surface area is 119 Å². The summed E-state index contributed by atoms with van der Waals surface area (Å²) in [5, 5.41) is 2.24. The van der Waals surface area contributed by atoms with Crippen LogP contribution in [0, 0.1) is 0 Å². The third-order valence-electron chi connectivity index (χ3n) is 4.37. The molecule has 4 N–H and O–H groups in total. The van der Waals surface area contributed by atoms with Crippen LogP contribution in [-0.2, 0) is 5.54 Å². The minimum atomic E-state index is -0.357. The zero-order valence-electron chi connectivity index (χ0n) is 11.8. The first-order valence-electron chi connectivity index (χ1n) is 7.10. The van der Waals surface area contributed by atoms with E-state index in [0.29, 0.717) is 0 Å². The zero-order valence-corrected chi connectivity index (χ0v) is 11.8. The lowest BCUT2D eigenvalue weighted by Crippen LogP contribution is -2.44. The van der Waals surface area contributed by atoms with E-state index in [2.05, 4.69) is 11.1 Å². The van der Waals surface area contributed by atoms with Crippen molar-refractivity contribution in [3.05, 3.63) is 36.2 Å². The highest BCUT2D eigenvalue weighted by atomic mass is 16.5. The van der Waals surface area contributed by atoms with Crippen LogP contribution >= 0.6 is 0 Å². The molecule has 1 aliphatic rings. The van der Waals surface area contributed by atoms with Crippen LogP contribution in [0.15, 0.2) is 30.5 Å². The molecular formula is C16H21N3O. The number of aromatic nitrogens is 1. The molecule has 1 fully saturated rings. The summed E-state index contributed by atoms with van der Waals surface area (Å²) in [7, 11) is 1.68. The highest BCUT2D eigenvalue weighted by Crippen LogP contribution is 2.37. The number of rotatable bonds is 2. The maximum absolute atomic E-state index is 6.63. The second-order valence-corrected chi connectivity index (χ2v) is 5.74. The van der Waals surface area contributed by atoms with E-state index in [0.717, 1.165) is 47.9 Å². The molecule has 0 unspecified atom stereocenters. The van der Waals surface area contributed by atoms with Crippen LogP contribution in [-0.4, -0.2) is 18.1 Å². The summed E-state index contributed by atoms with van der Waals surface area (Å²) in [6, 6.07) is 8.32. The summed E-state index contributed by atoms with van der Waals surface area (Å²) in [5.74, 6) is 0.853. The third kappa shape index (κ3) is 2.25. The fourth-order valence-electron chi connectivity index (χ4n) is 3.07. The molecule has 3 rings (SSSR count). The summed E-state index contributed by atoms with van der Waals surface area (Å²) in [6.07, 6.45) is 5.55. The van der Waals surface area contributed by atoms with Crippen molar-refractivity contribution in [3.63, 3.8) is 0 Å². The minimum Gasteiger partial charge on any atom is -0.497 e. The van der Waals surface area contributed by atoms with Crippen molar-refractivity contribution in [2.75, 3.05) is 7.11 Å². The first-order valence-corrected chi connectivity index (χ1v) is 7.10. The zero-order chi connectivity index (χ0) is 14.2. The van der Waals surface area contributed by atoms with Gasteiger partial charge in [-0.1, -0.05) is 0 Å². The number of hydrogen-bond acceptors (Lipinski definition) is 4. The number of nitrogens with zero attached hydrogens (tertiary/aromatic N) is 1. The van der Waals surface area contributed by atoms with Crippen molar-refractivity contribution in [3.8, 4) is 5.75 Å². The number of fused-ring (bicyclic) bond motifs is 1. The van der Waals surface area contributed by atoms with Gasteiger partial charge in [0.25, 0.3) is 0 Å².